The van der Waals surface area contributed by atoms with Crippen LogP contribution in [0.25, 0.3) is 5.69 Å². The Morgan fingerprint density at radius 1 is 0.893 bits per heavy atom. The maximum Gasteiger partial charge on any atom is 0.276 e. The summed E-state index contributed by atoms with van der Waals surface area (Å²) in [7, 11) is 1.66. The van der Waals surface area contributed by atoms with Crippen LogP contribution in [0.2, 0.25) is 0 Å². The molecular formula is C21H23N5O2. The number of hydrogen-bond donors (Lipinski definition) is 0. The van der Waals surface area contributed by atoms with Crippen molar-refractivity contribution in [1.29, 1.82) is 0 Å². The van der Waals surface area contributed by atoms with Crippen LogP contribution in [-0.2, 0) is 0 Å². The minimum atomic E-state index is -0.0611. The molecule has 4 rings (SSSR count). The number of carbonyl (C=O) groups is 1. The monoisotopic (exact) mass is 377 g/mol. The molecule has 0 atom stereocenters. The summed E-state index contributed by atoms with van der Waals surface area (Å²) < 4.78 is 5.21. The van der Waals surface area contributed by atoms with E-state index < -0.39 is 0 Å². The van der Waals surface area contributed by atoms with E-state index in [1.54, 1.807) is 7.11 Å². The first kappa shape index (κ1) is 18.0. The average Bonchev–Trinajstić information content (AvgIpc) is 3.16. The Morgan fingerprint density at radius 3 is 2.21 bits per heavy atom. The molecule has 1 amide bonds. The Bertz CT molecular complexity index is 945. The number of amides is 1. The zero-order chi connectivity index (χ0) is 19.5. The molecule has 28 heavy (non-hydrogen) atoms. The van der Waals surface area contributed by atoms with Gasteiger partial charge in [-0.15, -0.1) is 5.10 Å². The van der Waals surface area contributed by atoms with E-state index >= 15 is 0 Å². The fourth-order valence-electron chi connectivity index (χ4n) is 3.36. The lowest BCUT2D eigenvalue weighted by Gasteiger charge is -2.35. The fourth-order valence-corrected chi connectivity index (χ4v) is 3.36. The lowest BCUT2D eigenvalue weighted by Crippen LogP contribution is -2.49. The fraction of sp³-hybridized carbons (Fsp3) is 0.286. The predicted octanol–water partition coefficient (Wildman–Crippen LogP) is 2.55. The zero-order valence-corrected chi connectivity index (χ0v) is 16.1. The van der Waals surface area contributed by atoms with Crippen molar-refractivity contribution in [3.8, 4) is 11.4 Å². The second-order valence-electron chi connectivity index (χ2n) is 6.74. The van der Waals surface area contributed by atoms with Gasteiger partial charge in [0.25, 0.3) is 5.91 Å². The maximum atomic E-state index is 13.0. The maximum absolute atomic E-state index is 13.0. The average molecular weight is 377 g/mol. The first-order valence-corrected chi connectivity index (χ1v) is 9.33. The number of piperazine rings is 1. The van der Waals surface area contributed by atoms with Crippen LogP contribution in [0.4, 0.5) is 5.69 Å². The normalized spacial score (nSPS) is 14.2. The van der Waals surface area contributed by atoms with Gasteiger partial charge >= 0.3 is 0 Å². The Kier molecular flexibility index (Phi) is 4.97. The molecule has 1 aliphatic rings. The van der Waals surface area contributed by atoms with E-state index in [2.05, 4.69) is 15.1 Å². The largest absolute Gasteiger partial charge is 0.497 e. The van der Waals surface area contributed by atoms with Gasteiger partial charge in [0.05, 0.1) is 18.5 Å². The minimum Gasteiger partial charge on any atom is -0.497 e. The first-order valence-electron chi connectivity index (χ1n) is 9.33. The molecule has 0 radical (unpaired) electrons. The summed E-state index contributed by atoms with van der Waals surface area (Å²) in [6.07, 6.45) is 0. The van der Waals surface area contributed by atoms with Gasteiger partial charge in [-0.3, -0.25) is 4.79 Å². The van der Waals surface area contributed by atoms with E-state index in [0.29, 0.717) is 24.5 Å². The molecule has 1 saturated heterocycles. The van der Waals surface area contributed by atoms with Crippen LogP contribution in [0, 0.1) is 6.92 Å². The molecule has 144 valence electrons. The Hall–Kier alpha value is -3.35. The standard InChI is InChI=1S/C21H23N5O2/c1-16-20(23-26(22-16)18-6-4-3-5-7-18)21(27)25-14-12-24(13-15-25)17-8-10-19(28-2)11-9-17/h3-11H,12-15H2,1-2H3. The highest BCUT2D eigenvalue weighted by atomic mass is 16.5. The highest BCUT2D eigenvalue weighted by Gasteiger charge is 2.26. The number of rotatable bonds is 4. The molecule has 7 nitrogen and oxygen atoms in total. The molecule has 1 fully saturated rings. The van der Waals surface area contributed by atoms with Crippen molar-refractivity contribution in [2.75, 3.05) is 38.2 Å². The summed E-state index contributed by atoms with van der Waals surface area (Å²) in [5.41, 5.74) is 3.04. The molecule has 0 saturated carbocycles. The molecule has 2 aromatic carbocycles. The third-order valence-corrected chi connectivity index (χ3v) is 4.98. The molecule has 2 heterocycles. The number of anilines is 1. The van der Waals surface area contributed by atoms with Gasteiger partial charge < -0.3 is 14.5 Å². The first-order chi connectivity index (χ1) is 13.7. The highest BCUT2D eigenvalue weighted by molar-refractivity contribution is 5.93. The van der Waals surface area contributed by atoms with Crippen LogP contribution in [0.5, 0.6) is 5.75 Å². The van der Waals surface area contributed by atoms with Crippen molar-refractivity contribution < 1.29 is 9.53 Å². The van der Waals surface area contributed by atoms with Crippen LogP contribution in [0.3, 0.4) is 0 Å². The van der Waals surface area contributed by atoms with Gasteiger partial charge in [0.1, 0.15) is 5.75 Å². The lowest BCUT2D eigenvalue weighted by molar-refractivity contribution is 0.0739. The van der Waals surface area contributed by atoms with Crippen LogP contribution >= 0.6 is 0 Å². The number of methoxy groups -OCH3 is 1. The van der Waals surface area contributed by atoms with Crippen molar-refractivity contribution in [1.82, 2.24) is 19.9 Å². The molecular weight excluding hydrogens is 354 g/mol. The number of aryl methyl sites for hydroxylation is 1. The predicted molar refractivity (Wildman–Crippen MR) is 107 cm³/mol. The van der Waals surface area contributed by atoms with E-state index in [1.807, 2.05) is 66.4 Å². The van der Waals surface area contributed by atoms with Gasteiger partial charge in [-0.25, -0.2) is 0 Å². The molecule has 0 aliphatic carbocycles. The van der Waals surface area contributed by atoms with Gasteiger partial charge in [-0.05, 0) is 43.3 Å². The third-order valence-electron chi connectivity index (χ3n) is 4.98. The number of ether oxygens (including phenoxy) is 1. The summed E-state index contributed by atoms with van der Waals surface area (Å²) in [5.74, 6) is 0.781. The molecule has 7 heteroatoms. The summed E-state index contributed by atoms with van der Waals surface area (Å²) in [5, 5.41) is 8.85. The second kappa shape index (κ2) is 7.72. The number of carbonyl (C=O) groups excluding carboxylic acids is 1. The Balaban J connectivity index is 1.43. The molecule has 1 aromatic heterocycles. The number of nitrogens with zero attached hydrogens (tertiary/aromatic N) is 5. The highest BCUT2D eigenvalue weighted by Crippen LogP contribution is 2.21. The van der Waals surface area contributed by atoms with Gasteiger partial charge in [-0.1, -0.05) is 18.2 Å². The smallest absolute Gasteiger partial charge is 0.276 e. The molecule has 3 aromatic rings. The van der Waals surface area contributed by atoms with Crippen LogP contribution in [0.15, 0.2) is 54.6 Å². The summed E-state index contributed by atoms with van der Waals surface area (Å²) in [6.45, 7) is 4.70. The quantitative estimate of drug-likeness (QED) is 0.699. The van der Waals surface area contributed by atoms with Crippen molar-refractivity contribution in [2.45, 2.75) is 6.92 Å². The van der Waals surface area contributed by atoms with Crippen LogP contribution in [0.1, 0.15) is 16.2 Å². The summed E-state index contributed by atoms with van der Waals surface area (Å²) >= 11 is 0. The van der Waals surface area contributed by atoms with Gasteiger partial charge in [0.2, 0.25) is 0 Å². The van der Waals surface area contributed by atoms with E-state index in [-0.39, 0.29) is 5.91 Å². The number of hydrogen-bond acceptors (Lipinski definition) is 5. The minimum absolute atomic E-state index is 0.0611. The van der Waals surface area contributed by atoms with Crippen molar-refractivity contribution in [2.24, 2.45) is 0 Å². The SMILES string of the molecule is COc1ccc(N2CCN(C(=O)c3nn(-c4ccccc4)nc3C)CC2)cc1. The van der Waals surface area contributed by atoms with Crippen molar-refractivity contribution in [3.63, 3.8) is 0 Å². The summed E-state index contributed by atoms with van der Waals surface area (Å²) in [6, 6.07) is 17.6. The van der Waals surface area contributed by atoms with E-state index in [1.165, 1.54) is 4.80 Å². The molecule has 0 bridgehead atoms. The van der Waals surface area contributed by atoms with Crippen molar-refractivity contribution >= 4 is 11.6 Å². The van der Waals surface area contributed by atoms with E-state index in [9.17, 15) is 4.79 Å². The second-order valence-corrected chi connectivity index (χ2v) is 6.74. The van der Waals surface area contributed by atoms with Gasteiger partial charge in [0, 0.05) is 31.9 Å². The molecule has 1 aliphatic heterocycles. The third kappa shape index (κ3) is 3.55. The van der Waals surface area contributed by atoms with Crippen LogP contribution in [-0.4, -0.2) is 59.1 Å². The molecule has 0 spiro atoms. The molecule has 0 N–H and O–H groups in total. The van der Waals surface area contributed by atoms with Gasteiger partial charge in [-0.2, -0.15) is 9.90 Å². The Morgan fingerprint density at radius 2 is 1.57 bits per heavy atom. The lowest BCUT2D eigenvalue weighted by atomic mass is 10.2. The van der Waals surface area contributed by atoms with E-state index in [4.69, 9.17) is 4.74 Å². The van der Waals surface area contributed by atoms with Crippen molar-refractivity contribution in [3.05, 3.63) is 66.0 Å². The zero-order valence-electron chi connectivity index (χ0n) is 16.1. The van der Waals surface area contributed by atoms with Crippen LogP contribution < -0.4 is 9.64 Å². The number of para-hydroxylation sites is 1. The topological polar surface area (TPSA) is 63.5 Å². The summed E-state index contributed by atoms with van der Waals surface area (Å²) in [4.78, 5) is 18.6. The molecule has 0 unspecified atom stereocenters. The van der Waals surface area contributed by atoms with E-state index in [0.717, 1.165) is 30.2 Å². The number of benzene rings is 2. The van der Waals surface area contributed by atoms with Gasteiger partial charge in [0.15, 0.2) is 5.69 Å². The Labute approximate surface area is 164 Å². The number of aromatic nitrogens is 3.